The van der Waals surface area contributed by atoms with Gasteiger partial charge >= 0.3 is 0 Å². The second-order valence-corrected chi connectivity index (χ2v) is 11.5. The Balaban J connectivity index is 1.45. The average molecular weight is 534 g/mol. The second-order valence-electron chi connectivity index (χ2n) is 10.6. The quantitative estimate of drug-likeness (QED) is 0.377. The van der Waals surface area contributed by atoms with Gasteiger partial charge in [-0.05, 0) is 18.9 Å². The Bertz CT molecular complexity index is 1240. The molecule has 1 atom stereocenters. The number of aromatic amines is 1. The van der Waals surface area contributed by atoms with Crippen molar-refractivity contribution in [3.8, 4) is 22.4 Å². The Morgan fingerprint density at radius 1 is 1.09 bits per heavy atom. The number of hydrogen-bond acceptors (Lipinski definition) is 3. The number of likely N-dealkylation sites (tertiary alicyclic amines) is 1. The number of aromatic nitrogens is 2. The van der Waals surface area contributed by atoms with E-state index in [1.807, 2.05) is 43.1 Å². The van der Waals surface area contributed by atoms with Crippen LogP contribution in [0.2, 0.25) is 0 Å². The summed E-state index contributed by atoms with van der Waals surface area (Å²) in [5, 5.41) is 0. The van der Waals surface area contributed by atoms with Gasteiger partial charge in [0.25, 0.3) is 0 Å². The maximum Gasteiger partial charge on any atom is 0.225 e. The van der Waals surface area contributed by atoms with Gasteiger partial charge in [0.05, 0.1) is 16.2 Å². The molecule has 0 radical (unpaired) electrons. The normalized spacial score (nSPS) is 20.0. The van der Waals surface area contributed by atoms with E-state index >= 15 is 0 Å². The highest BCUT2D eigenvalue weighted by Gasteiger charge is 2.43. The molecule has 1 saturated heterocycles. The topological polar surface area (TPSA) is 61.4 Å². The number of fused-ring (bicyclic) bond motifs is 1. The number of carbonyl (C=O) groups is 1. The van der Waals surface area contributed by atoms with E-state index in [1.54, 1.807) is 0 Å². The number of rotatable bonds is 4. The van der Waals surface area contributed by atoms with Crippen LogP contribution in [0.5, 0.6) is 0 Å². The smallest absolute Gasteiger partial charge is 0.225 e. The van der Waals surface area contributed by atoms with Crippen LogP contribution >= 0.6 is 15.9 Å². The molecule has 5 nitrogen and oxygen atoms in total. The summed E-state index contributed by atoms with van der Waals surface area (Å²) in [4.78, 5) is 28.2. The minimum Gasteiger partial charge on any atom is -0.362 e. The Hall–Kier alpha value is -2.73. The number of alkyl halides is 1. The first-order valence-corrected chi connectivity index (χ1v) is 13.4. The van der Waals surface area contributed by atoms with Gasteiger partial charge < -0.3 is 9.88 Å². The van der Waals surface area contributed by atoms with E-state index in [9.17, 15) is 4.79 Å². The van der Waals surface area contributed by atoms with E-state index in [2.05, 4.69) is 65.2 Å². The Labute approximate surface area is 216 Å². The fraction of sp³-hybridized carbons (Fsp3) is 0.414. The van der Waals surface area contributed by atoms with Gasteiger partial charge in [-0.3, -0.25) is 14.8 Å². The lowest BCUT2D eigenvalue weighted by molar-refractivity contribution is -0.135. The highest BCUT2D eigenvalue weighted by Crippen LogP contribution is 2.48. The number of carbonyl (C=O) groups excluding carboxylic acids is 1. The second kappa shape index (κ2) is 9.38. The zero-order valence-electron chi connectivity index (χ0n) is 20.9. The van der Waals surface area contributed by atoms with E-state index in [0.29, 0.717) is 5.92 Å². The van der Waals surface area contributed by atoms with Crippen molar-refractivity contribution in [3.05, 3.63) is 60.6 Å². The molecule has 2 aliphatic heterocycles. The minimum absolute atomic E-state index is 0.0493. The number of halogens is 1. The van der Waals surface area contributed by atoms with Crippen molar-refractivity contribution in [3.63, 3.8) is 0 Å². The van der Waals surface area contributed by atoms with Crippen LogP contribution in [-0.4, -0.2) is 44.4 Å². The Morgan fingerprint density at radius 2 is 1.80 bits per heavy atom. The lowest BCUT2D eigenvalue weighted by Gasteiger charge is -2.40. The first-order chi connectivity index (χ1) is 16.8. The van der Waals surface area contributed by atoms with Crippen molar-refractivity contribution in [2.75, 3.05) is 13.1 Å². The molecule has 5 rings (SSSR count). The van der Waals surface area contributed by atoms with Gasteiger partial charge in [-0.1, -0.05) is 80.0 Å². The number of piperidine rings is 1. The molecule has 4 heterocycles. The van der Waals surface area contributed by atoms with Gasteiger partial charge in [0.1, 0.15) is 0 Å². The number of amides is 1. The summed E-state index contributed by atoms with van der Waals surface area (Å²) >= 11 is 4.01. The molecule has 1 aromatic carbocycles. The first kappa shape index (κ1) is 24.0. The fourth-order valence-electron chi connectivity index (χ4n) is 5.32. The van der Waals surface area contributed by atoms with E-state index in [0.717, 1.165) is 59.7 Å². The van der Waals surface area contributed by atoms with Crippen LogP contribution in [0.15, 0.2) is 59.9 Å². The van der Waals surface area contributed by atoms with Crippen molar-refractivity contribution in [2.24, 2.45) is 16.8 Å². The number of hydrogen-bond donors (Lipinski definition) is 1. The molecule has 2 aliphatic rings. The number of pyridine rings is 1. The monoisotopic (exact) mass is 532 g/mol. The standard InChI is InChI=1S/C29H33BrN4O/c1-18(2)28(35)34-14-12-20(13-15-34)24-26(30)29(3,4)27-25(33-24)22(17-32-27)21-10-11-23(31-16-21)19-8-6-5-7-9-19/h5-11,16-18,20,26,32H,12-15H2,1-4H3. The molecule has 1 N–H and O–H groups in total. The van der Waals surface area contributed by atoms with Gasteiger partial charge in [0, 0.05) is 70.8 Å². The predicted molar refractivity (Wildman–Crippen MR) is 146 cm³/mol. The molecule has 0 bridgehead atoms. The zero-order valence-corrected chi connectivity index (χ0v) is 22.5. The van der Waals surface area contributed by atoms with Gasteiger partial charge in [0.2, 0.25) is 5.91 Å². The maximum atomic E-state index is 12.5. The van der Waals surface area contributed by atoms with Crippen molar-refractivity contribution >= 4 is 33.2 Å². The van der Waals surface area contributed by atoms with Crippen LogP contribution in [0.1, 0.15) is 46.2 Å². The zero-order chi connectivity index (χ0) is 24.7. The summed E-state index contributed by atoms with van der Waals surface area (Å²) < 4.78 is 0. The van der Waals surface area contributed by atoms with E-state index in [1.165, 1.54) is 5.71 Å². The lowest BCUT2D eigenvalue weighted by Crippen LogP contribution is -2.46. The van der Waals surface area contributed by atoms with Crippen LogP contribution in [0.4, 0.5) is 5.69 Å². The van der Waals surface area contributed by atoms with E-state index in [-0.39, 0.29) is 22.1 Å². The van der Waals surface area contributed by atoms with Crippen molar-refractivity contribution < 1.29 is 4.79 Å². The van der Waals surface area contributed by atoms with Gasteiger partial charge in [0.15, 0.2) is 0 Å². The van der Waals surface area contributed by atoms with Crippen LogP contribution in [0, 0.1) is 11.8 Å². The molecular formula is C29H33BrN4O. The fourth-order valence-corrected chi connectivity index (χ4v) is 6.02. The highest BCUT2D eigenvalue weighted by atomic mass is 79.9. The van der Waals surface area contributed by atoms with Gasteiger partial charge in [-0.15, -0.1) is 0 Å². The van der Waals surface area contributed by atoms with Crippen LogP contribution < -0.4 is 0 Å². The molecule has 0 spiro atoms. The molecular weight excluding hydrogens is 500 g/mol. The van der Waals surface area contributed by atoms with Crippen molar-refractivity contribution in [1.82, 2.24) is 14.9 Å². The maximum absolute atomic E-state index is 12.5. The molecule has 2 aromatic heterocycles. The minimum atomic E-state index is -0.132. The number of aliphatic imine (C=N–C) groups is 1. The van der Waals surface area contributed by atoms with E-state index < -0.39 is 0 Å². The summed E-state index contributed by atoms with van der Waals surface area (Å²) in [6.07, 6.45) is 5.93. The number of nitrogens with zero attached hydrogens (tertiary/aromatic N) is 3. The molecule has 182 valence electrons. The molecule has 6 heteroatoms. The van der Waals surface area contributed by atoms with Crippen molar-refractivity contribution in [2.45, 2.75) is 50.8 Å². The third-order valence-electron chi connectivity index (χ3n) is 7.49. The van der Waals surface area contributed by atoms with Gasteiger partial charge in [-0.25, -0.2) is 0 Å². The molecule has 3 aromatic rings. The third-order valence-corrected chi connectivity index (χ3v) is 9.11. The molecule has 1 unspecified atom stereocenters. The van der Waals surface area contributed by atoms with Crippen LogP contribution in [0.25, 0.3) is 22.4 Å². The SMILES string of the molecule is CC(C)C(=O)N1CCC(C2=Nc3c(-c4ccc(-c5ccccc5)nc4)c[nH]c3C(C)(C)C2Br)CC1. The third kappa shape index (κ3) is 4.37. The van der Waals surface area contributed by atoms with Crippen molar-refractivity contribution in [1.29, 1.82) is 0 Å². The first-order valence-electron chi connectivity index (χ1n) is 12.5. The Kier molecular flexibility index (Phi) is 6.43. The number of H-pyrrole nitrogens is 1. The number of nitrogens with one attached hydrogen (secondary N) is 1. The summed E-state index contributed by atoms with van der Waals surface area (Å²) in [5.41, 5.74) is 7.47. The predicted octanol–water partition coefficient (Wildman–Crippen LogP) is 6.77. The molecule has 0 saturated carbocycles. The summed E-state index contributed by atoms with van der Waals surface area (Å²) in [5.74, 6) is 0.670. The highest BCUT2D eigenvalue weighted by molar-refractivity contribution is 9.10. The Morgan fingerprint density at radius 3 is 2.43 bits per heavy atom. The summed E-state index contributed by atoms with van der Waals surface area (Å²) in [7, 11) is 0. The molecule has 1 fully saturated rings. The lowest BCUT2D eigenvalue weighted by atomic mass is 9.75. The average Bonchev–Trinajstić information content (AvgIpc) is 3.31. The largest absolute Gasteiger partial charge is 0.362 e. The van der Waals surface area contributed by atoms with Crippen LogP contribution in [-0.2, 0) is 10.2 Å². The summed E-state index contributed by atoms with van der Waals surface area (Å²) in [6, 6.07) is 14.5. The summed E-state index contributed by atoms with van der Waals surface area (Å²) in [6.45, 7) is 10.1. The molecule has 1 amide bonds. The van der Waals surface area contributed by atoms with Gasteiger partial charge in [-0.2, -0.15) is 0 Å². The van der Waals surface area contributed by atoms with Crippen LogP contribution in [0.3, 0.4) is 0 Å². The van der Waals surface area contributed by atoms with E-state index in [4.69, 9.17) is 9.98 Å². The molecule has 0 aliphatic carbocycles. The molecule has 35 heavy (non-hydrogen) atoms. The number of benzene rings is 1.